The first-order valence-corrected chi connectivity index (χ1v) is 7.71. The lowest BCUT2D eigenvalue weighted by Crippen LogP contribution is -2.40. The van der Waals surface area contributed by atoms with Gasteiger partial charge < -0.3 is 9.64 Å². The van der Waals surface area contributed by atoms with Crippen molar-refractivity contribution in [2.75, 3.05) is 19.7 Å². The number of rotatable bonds is 4. The van der Waals surface area contributed by atoms with Crippen LogP contribution in [0.1, 0.15) is 30.1 Å². The zero-order valence-corrected chi connectivity index (χ0v) is 13.4. The van der Waals surface area contributed by atoms with Crippen molar-refractivity contribution in [1.82, 2.24) is 4.90 Å². The van der Waals surface area contributed by atoms with Crippen LogP contribution in [-0.2, 0) is 9.53 Å². The van der Waals surface area contributed by atoms with Crippen molar-refractivity contribution in [2.24, 2.45) is 5.92 Å². The Kier molecular flexibility index (Phi) is 5.54. The molecule has 0 unspecified atom stereocenters. The van der Waals surface area contributed by atoms with Gasteiger partial charge in [0, 0.05) is 24.2 Å². The van der Waals surface area contributed by atoms with Crippen LogP contribution < -0.4 is 0 Å². The van der Waals surface area contributed by atoms with Crippen LogP contribution in [0.3, 0.4) is 0 Å². The van der Waals surface area contributed by atoms with Crippen molar-refractivity contribution in [3.63, 3.8) is 0 Å². The van der Waals surface area contributed by atoms with Gasteiger partial charge in [-0.15, -0.1) is 0 Å². The van der Waals surface area contributed by atoms with E-state index < -0.39 is 10.8 Å². The number of ether oxygens (including phenoxy) is 1. The highest BCUT2D eigenvalue weighted by molar-refractivity contribution is 6.31. The van der Waals surface area contributed by atoms with Crippen molar-refractivity contribution in [3.8, 4) is 0 Å². The third-order valence-electron chi connectivity index (χ3n) is 3.79. The fraction of sp³-hybridized carbons (Fsp3) is 0.467. The Hall–Kier alpha value is -2.15. The smallest absolute Gasteiger partial charge is 0.309 e. The molecule has 1 fully saturated rings. The molecule has 1 aromatic carbocycles. The van der Waals surface area contributed by atoms with E-state index in [1.807, 2.05) is 0 Å². The van der Waals surface area contributed by atoms with E-state index in [4.69, 9.17) is 16.3 Å². The van der Waals surface area contributed by atoms with Gasteiger partial charge in [-0.2, -0.15) is 0 Å². The van der Waals surface area contributed by atoms with Gasteiger partial charge in [-0.05, 0) is 31.9 Å². The Bertz CT molecular complexity index is 626. The SMILES string of the molecule is CCOC(=O)C1CCN(C(=O)c2ccc(Cl)cc2[N+](=O)[O-])CC1. The molecule has 23 heavy (non-hydrogen) atoms. The highest BCUT2D eigenvalue weighted by atomic mass is 35.5. The van der Waals surface area contributed by atoms with Crippen LogP contribution in [-0.4, -0.2) is 41.4 Å². The maximum absolute atomic E-state index is 12.5. The molecular formula is C15H17ClN2O5. The van der Waals surface area contributed by atoms with Gasteiger partial charge in [-0.3, -0.25) is 19.7 Å². The number of nitrogens with zero attached hydrogens (tertiary/aromatic N) is 2. The third-order valence-corrected chi connectivity index (χ3v) is 4.02. The summed E-state index contributed by atoms with van der Waals surface area (Å²) in [6.07, 6.45) is 0.984. The van der Waals surface area contributed by atoms with E-state index in [1.54, 1.807) is 6.92 Å². The quantitative estimate of drug-likeness (QED) is 0.477. The van der Waals surface area contributed by atoms with Crippen molar-refractivity contribution >= 4 is 29.2 Å². The van der Waals surface area contributed by atoms with E-state index in [9.17, 15) is 19.7 Å². The number of carbonyl (C=O) groups excluding carboxylic acids is 2. The molecule has 1 amide bonds. The molecule has 1 saturated heterocycles. The van der Waals surface area contributed by atoms with Gasteiger partial charge in [-0.25, -0.2) is 0 Å². The van der Waals surface area contributed by atoms with E-state index in [1.165, 1.54) is 23.1 Å². The molecule has 0 aromatic heterocycles. The van der Waals surface area contributed by atoms with Gasteiger partial charge in [-0.1, -0.05) is 11.6 Å². The van der Waals surface area contributed by atoms with Crippen molar-refractivity contribution < 1.29 is 19.2 Å². The molecule has 124 valence electrons. The van der Waals surface area contributed by atoms with Crippen LogP contribution in [0.5, 0.6) is 0 Å². The molecule has 0 atom stereocenters. The van der Waals surface area contributed by atoms with Gasteiger partial charge in [0.25, 0.3) is 11.6 Å². The minimum Gasteiger partial charge on any atom is -0.466 e. The molecule has 1 aromatic rings. The van der Waals surface area contributed by atoms with Crippen molar-refractivity contribution in [3.05, 3.63) is 38.9 Å². The predicted octanol–water partition coefficient (Wildman–Crippen LogP) is 2.66. The second-order valence-electron chi connectivity index (χ2n) is 5.24. The average molecular weight is 341 g/mol. The van der Waals surface area contributed by atoms with Crippen molar-refractivity contribution in [2.45, 2.75) is 19.8 Å². The van der Waals surface area contributed by atoms with Gasteiger partial charge in [0.05, 0.1) is 17.4 Å². The van der Waals surface area contributed by atoms with Crippen LogP contribution >= 0.6 is 11.6 Å². The first kappa shape index (κ1) is 17.2. The second-order valence-corrected chi connectivity index (χ2v) is 5.67. The van der Waals surface area contributed by atoms with E-state index in [0.29, 0.717) is 32.5 Å². The van der Waals surface area contributed by atoms with Gasteiger partial charge in [0.15, 0.2) is 0 Å². The largest absolute Gasteiger partial charge is 0.466 e. The number of likely N-dealkylation sites (tertiary alicyclic amines) is 1. The maximum atomic E-state index is 12.5. The maximum Gasteiger partial charge on any atom is 0.309 e. The molecule has 0 spiro atoms. The highest BCUT2D eigenvalue weighted by Gasteiger charge is 2.31. The Morgan fingerprint density at radius 3 is 2.61 bits per heavy atom. The van der Waals surface area contributed by atoms with E-state index >= 15 is 0 Å². The van der Waals surface area contributed by atoms with Crippen LogP contribution in [0, 0.1) is 16.0 Å². The number of piperidine rings is 1. The zero-order valence-electron chi connectivity index (χ0n) is 12.7. The molecule has 0 aliphatic carbocycles. The summed E-state index contributed by atoms with van der Waals surface area (Å²) in [4.78, 5) is 36.2. The second kappa shape index (κ2) is 7.41. The first-order valence-electron chi connectivity index (χ1n) is 7.34. The van der Waals surface area contributed by atoms with Crippen LogP contribution in [0.2, 0.25) is 5.02 Å². The minimum atomic E-state index is -0.621. The number of benzene rings is 1. The summed E-state index contributed by atoms with van der Waals surface area (Å²) in [6, 6.07) is 3.98. The molecule has 0 bridgehead atoms. The molecule has 1 aliphatic heterocycles. The molecule has 0 saturated carbocycles. The number of esters is 1. The number of nitro benzene ring substituents is 1. The summed E-state index contributed by atoms with van der Waals surface area (Å²) in [5, 5.41) is 11.3. The van der Waals surface area contributed by atoms with Crippen LogP contribution in [0.15, 0.2) is 18.2 Å². The van der Waals surface area contributed by atoms with Crippen molar-refractivity contribution in [1.29, 1.82) is 0 Å². The molecule has 0 radical (unpaired) electrons. The molecule has 1 aliphatic rings. The lowest BCUT2D eigenvalue weighted by atomic mass is 9.96. The molecular weight excluding hydrogens is 324 g/mol. The summed E-state index contributed by atoms with van der Waals surface area (Å²) >= 11 is 5.75. The fourth-order valence-corrected chi connectivity index (χ4v) is 2.75. The fourth-order valence-electron chi connectivity index (χ4n) is 2.59. The Morgan fingerprint density at radius 1 is 1.39 bits per heavy atom. The third kappa shape index (κ3) is 3.98. The number of carbonyl (C=O) groups is 2. The lowest BCUT2D eigenvalue weighted by molar-refractivity contribution is -0.385. The van der Waals surface area contributed by atoms with E-state index in [-0.39, 0.29) is 28.2 Å². The first-order chi connectivity index (χ1) is 10.9. The monoisotopic (exact) mass is 340 g/mol. The Labute approximate surface area is 138 Å². The minimum absolute atomic E-state index is 0.00832. The zero-order chi connectivity index (χ0) is 17.0. The summed E-state index contributed by atoms with van der Waals surface area (Å²) in [5.41, 5.74) is -0.302. The number of hydrogen-bond acceptors (Lipinski definition) is 5. The molecule has 7 nitrogen and oxygen atoms in total. The van der Waals surface area contributed by atoms with Gasteiger partial charge in [0.2, 0.25) is 0 Å². The highest BCUT2D eigenvalue weighted by Crippen LogP contribution is 2.26. The number of nitro groups is 1. The van der Waals surface area contributed by atoms with E-state index in [0.717, 1.165) is 0 Å². The lowest BCUT2D eigenvalue weighted by Gasteiger charge is -2.30. The normalized spacial score (nSPS) is 15.3. The van der Waals surface area contributed by atoms with Crippen LogP contribution in [0.25, 0.3) is 0 Å². The number of amides is 1. The summed E-state index contributed by atoms with van der Waals surface area (Å²) < 4.78 is 4.98. The average Bonchev–Trinajstić information content (AvgIpc) is 2.54. The molecule has 0 N–H and O–H groups in total. The molecule has 1 heterocycles. The summed E-state index contributed by atoms with van der Waals surface area (Å²) in [6.45, 7) is 2.80. The molecule has 2 rings (SSSR count). The predicted molar refractivity (Wildman–Crippen MR) is 83.4 cm³/mol. The number of halogens is 1. The van der Waals surface area contributed by atoms with Gasteiger partial charge >= 0.3 is 5.97 Å². The standard InChI is InChI=1S/C15H17ClN2O5/c1-2-23-15(20)10-5-7-17(8-6-10)14(19)12-4-3-11(16)9-13(12)18(21)22/h3-4,9-10H,2,5-8H2,1H3. The Morgan fingerprint density at radius 2 is 2.04 bits per heavy atom. The summed E-state index contributed by atoms with van der Waals surface area (Å²) in [7, 11) is 0. The topological polar surface area (TPSA) is 89.8 Å². The Balaban J connectivity index is 2.09. The van der Waals surface area contributed by atoms with Crippen LogP contribution in [0.4, 0.5) is 5.69 Å². The number of hydrogen-bond donors (Lipinski definition) is 0. The van der Waals surface area contributed by atoms with E-state index in [2.05, 4.69) is 0 Å². The van der Waals surface area contributed by atoms with Gasteiger partial charge in [0.1, 0.15) is 5.56 Å². The molecule has 8 heteroatoms. The summed E-state index contributed by atoms with van der Waals surface area (Å²) in [5.74, 6) is -0.896.